The number of fused-ring (bicyclic) bond motifs is 2. The van der Waals surface area contributed by atoms with E-state index in [0.717, 1.165) is 6.42 Å². The maximum atomic E-state index is 11.7. The van der Waals surface area contributed by atoms with Crippen LogP contribution in [0.1, 0.15) is 53.9 Å². The lowest BCUT2D eigenvalue weighted by Crippen LogP contribution is -2.41. The Labute approximate surface area is 104 Å². The highest BCUT2D eigenvalue weighted by Crippen LogP contribution is 2.66. The summed E-state index contributed by atoms with van der Waals surface area (Å²) in [5.74, 6) is 0.712. The van der Waals surface area contributed by atoms with Crippen LogP contribution in [0, 0.1) is 16.7 Å². The van der Waals surface area contributed by atoms with E-state index in [0.29, 0.717) is 11.3 Å². The molecule has 98 valence electrons. The third-order valence-corrected chi connectivity index (χ3v) is 5.37. The maximum Gasteiger partial charge on any atom is 0.407 e. The van der Waals surface area contributed by atoms with Crippen LogP contribution in [0.15, 0.2) is 0 Å². The molecule has 1 amide bonds. The molecule has 0 spiro atoms. The topological polar surface area (TPSA) is 38.3 Å². The van der Waals surface area contributed by atoms with E-state index >= 15 is 0 Å². The molecule has 3 heteroatoms. The highest BCUT2D eigenvalue weighted by molar-refractivity contribution is 5.67. The molecule has 0 aliphatic heterocycles. The van der Waals surface area contributed by atoms with Crippen molar-refractivity contribution in [1.82, 2.24) is 5.32 Å². The zero-order valence-corrected chi connectivity index (χ0v) is 11.7. The number of rotatable bonds is 2. The van der Waals surface area contributed by atoms with Gasteiger partial charge in [0.1, 0.15) is 6.10 Å². The van der Waals surface area contributed by atoms with E-state index in [1.807, 2.05) is 13.8 Å². The van der Waals surface area contributed by atoms with Gasteiger partial charge in [-0.1, -0.05) is 20.8 Å². The molecule has 2 saturated carbocycles. The van der Waals surface area contributed by atoms with Crippen molar-refractivity contribution in [3.05, 3.63) is 0 Å². The zero-order valence-electron chi connectivity index (χ0n) is 11.7. The summed E-state index contributed by atoms with van der Waals surface area (Å²) in [6.07, 6.45) is 3.35. The number of hydrogen-bond donors (Lipinski definition) is 1. The second-order valence-corrected chi connectivity index (χ2v) is 6.80. The van der Waals surface area contributed by atoms with E-state index in [1.165, 1.54) is 12.8 Å². The minimum Gasteiger partial charge on any atom is -0.446 e. The fraction of sp³-hybridized carbons (Fsp3) is 0.929. The van der Waals surface area contributed by atoms with Crippen molar-refractivity contribution in [3.8, 4) is 0 Å². The number of carbonyl (C=O) groups is 1. The van der Waals surface area contributed by atoms with Gasteiger partial charge in [0, 0.05) is 11.5 Å². The van der Waals surface area contributed by atoms with Crippen molar-refractivity contribution in [3.63, 3.8) is 0 Å². The Kier molecular flexibility index (Phi) is 2.91. The van der Waals surface area contributed by atoms with Crippen molar-refractivity contribution in [2.75, 3.05) is 0 Å². The second kappa shape index (κ2) is 3.89. The molecule has 1 N–H and O–H groups in total. The van der Waals surface area contributed by atoms with Gasteiger partial charge in [-0.25, -0.2) is 4.79 Å². The Morgan fingerprint density at radius 3 is 2.41 bits per heavy atom. The molecule has 0 aromatic rings. The first-order valence-corrected chi connectivity index (χ1v) is 6.74. The molecule has 3 nitrogen and oxygen atoms in total. The predicted octanol–water partition coefficient (Wildman–Crippen LogP) is 3.34. The third kappa shape index (κ3) is 1.84. The molecule has 0 aromatic carbocycles. The monoisotopic (exact) mass is 239 g/mol. The first-order chi connectivity index (χ1) is 7.77. The summed E-state index contributed by atoms with van der Waals surface area (Å²) in [5, 5.41) is 2.81. The summed E-state index contributed by atoms with van der Waals surface area (Å²) < 4.78 is 5.64. The van der Waals surface area contributed by atoms with Gasteiger partial charge in [-0.2, -0.15) is 0 Å². The smallest absolute Gasteiger partial charge is 0.407 e. The van der Waals surface area contributed by atoms with Gasteiger partial charge in [0.25, 0.3) is 0 Å². The molecular formula is C14H25NO2. The second-order valence-electron chi connectivity index (χ2n) is 6.80. The van der Waals surface area contributed by atoms with Crippen LogP contribution in [0.5, 0.6) is 0 Å². The zero-order chi connectivity index (χ0) is 12.8. The predicted molar refractivity (Wildman–Crippen MR) is 67.8 cm³/mol. The molecule has 0 saturated heterocycles. The molecule has 0 radical (unpaired) electrons. The van der Waals surface area contributed by atoms with Crippen LogP contribution < -0.4 is 5.32 Å². The van der Waals surface area contributed by atoms with Crippen LogP contribution in [0.25, 0.3) is 0 Å². The van der Waals surface area contributed by atoms with Crippen LogP contribution in [0.2, 0.25) is 0 Å². The van der Waals surface area contributed by atoms with E-state index < -0.39 is 0 Å². The van der Waals surface area contributed by atoms with Gasteiger partial charge in [0.05, 0.1) is 0 Å². The van der Waals surface area contributed by atoms with Crippen LogP contribution in [-0.4, -0.2) is 18.2 Å². The lowest BCUT2D eigenvalue weighted by atomic mass is 9.70. The van der Waals surface area contributed by atoms with E-state index in [9.17, 15) is 4.79 Å². The van der Waals surface area contributed by atoms with Gasteiger partial charge in [0.2, 0.25) is 0 Å². The highest BCUT2D eigenvalue weighted by atomic mass is 16.6. The van der Waals surface area contributed by atoms with E-state index in [4.69, 9.17) is 4.74 Å². The Bertz CT molecular complexity index is 324. The van der Waals surface area contributed by atoms with Gasteiger partial charge in [-0.3, -0.25) is 0 Å². The Morgan fingerprint density at radius 2 is 2.00 bits per heavy atom. The lowest BCUT2D eigenvalue weighted by Gasteiger charge is -2.38. The number of hydrogen-bond acceptors (Lipinski definition) is 2. The third-order valence-electron chi connectivity index (χ3n) is 5.37. The summed E-state index contributed by atoms with van der Waals surface area (Å²) in [6, 6.07) is 0.141. The fourth-order valence-electron chi connectivity index (χ4n) is 3.71. The van der Waals surface area contributed by atoms with Gasteiger partial charge in [-0.05, 0) is 44.4 Å². The quantitative estimate of drug-likeness (QED) is 0.802. The number of alkyl carbamates (subject to hydrolysis) is 1. The normalized spacial score (nSPS) is 38.5. The van der Waals surface area contributed by atoms with Crippen molar-refractivity contribution < 1.29 is 9.53 Å². The Balaban J connectivity index is 2.03. The molecular weight excluding hydrogens is 214 g/mol. The highest BCUT2D eigenvalue weighted by Gasteiger charge is 2.62. The minimum atomic E-state index is -0.255. The van der Waals surface area contributed by atoms with Gasteiger partial charge < -0.3 is 10.1 Å². The van der Waals surface area contributed by atoms with Crippen LogP contribution in [0.4, 0.5) is 4.79 Å². The summed E-state index contributed by atoms with van der Waals surface area (Å²) in [4.78, 5) is 11.7. The number of ether oxygens (including phenoxy) is 1. The fourth-order valence-corrected chi connectivity index (χ4v) is 3.71. The Morgan fingerprint density at radius 1 is 1.35 bits per heavy atom. The van der Waals surface area contributed by atoms with E-state index in [-0.39, 0.29) is 23.7 Å². The lowest BCUT2D eigenvalue weighted by molar-refractivity contribution is -0.00486. The maximum absolute atomic E-state index is 11.7. The van der Waals surface area contributed by atoms with Crippen LogP contribution >= 0.6 is 0 Å². The number of nitrogens with one attached hydrogen (secondary N) is 1. The summed E-state index contributed by atoms with van der Waals surface area (Å²) in [5.41, 5.74) is 0.460. The molecule has 0 heterocycles. The van der Waals surface area contributed by atoms with Crippen LogP contribution in [0.3, 0.4) is 0 Å². The molecule has 2 fully saturated rings. The van der Waals surface area contributed by atoms with Crippen molar-refractivity contribution in [1.29, 1.82) is 0 Å². The van der Waals surface area contributed by atoms with Gasteiger partial charge in [0.15, 0.2) is 0 Å². The van der Waals surface area contributed by atoms with Gasteiger partial charge in [-0.15, -0.1) is 0 Å². The van der Waals surface area contributed by atoms with Crippen molar-refractivity contribution in [2.24, 2.45) is 16.7 Å². The minimum absolute atomic E-state index is 0.0926. The summed E-state index contributed by atoms with van der Waals surface area (Å²) in [7, 11) is 0. The SMILES string of the molecule is CC(C)NC(=O)OC1CC2CCC1(C)C2(C)C. The first kappa shape index (κ1) is 12.7. The number of carbonyl (C=O) groups excluding carboxylic acids is 1. The average Bonchev–Trinajstić information content (AvgIpc) is 2.49. The van der Waals surface area contributed by atoms with Gasteiger partial charge >= 0.3 is 6.09 Å². The van der Waals surface area contributed by atoms with E-state index in [2.05, 4.69) is 26.1 Å². The van der Waals surface area contributed by atoms with Crippen molar-refractivity contribution in [2.45, 2.75) is 66.0 Å². The molecule has 17 heavy (non-hydrogen) atoms. The standard InChI is InChI=1S/C14H25NO2/c1-9(2)15-12(16)17-11-8-10-6-7-14(11,5)13(10,3)4/h9-11H,6-8H2,1-5H3,(H,15,16). The van der Waals surface area contributed by atoms with Crippen LogP contribution in [-0.2, 0) is 4.74 Å². The molecule has 0 aromatic heterocycles. The summed E-state index contributed by atoms with van der Waals surface area (Å²) in [6.45, 7) is 10.8. The molecule has 2 aliphatic rings. The average molecular weight is 239 g/mol. The molecule has 2 aliphatic carbocycles. The first-order valence-electron chi connectivity index (χ1n) is 6.74. The van der Waals surface area contributed by atoms with Crippen molar-refractivity contribution >= 4 is 6.09 Å². The molecule has 2 rings (SSSR count). The Hall–Kier alpha value is -0.730. The van der Waals surface area contributed by atoms with E-state index in [1.54, 1.807) is 0 Å². The number of amides is 1. The molecule has 3 atom stereocenters. The largest absolute Gasteiger partial charge is 0.446 e. The molecule has 2 bridgehead atoms. The molecule has 3 unspecified atom stereocenters. The summed E-state index contributed by atoms with van der Waals surface area (Å²) >= 11 is 0.